The second-order valence-electron chi connectivity index (χ2n) is 14.7. The number of carbonyl (C=O) groups excluding carboxylic acids is 2. The lowest BCUT2D eigenvalue weighted by Gasteiger charge is -2.39. The molecule has 58 heavy (non-hydrogen) atoms. The van der Waals surface area contributed by atoms with Gasteiger partial charge in [0.05, 0.1) is 40.1 Å². The fourth-order valence-corrected chi connectivity index (χ4v) is 7.72. The molecule has 5 aromatic carbocycles. The number of hydrogen-bond donors (Lipinski definition) is 3. The van der Waals surface area contributed by atoms with E-state index in [9.17, 15) is 14.7 Å². The molecule has 3 N–H and O–H groups in total. The van der Waals surface area contributed by atoms with Crippen LogP contribution in [-0.2, 0) is 51.5 Å². The third-order valence-electron chi connectivity index (χ3n) is 10.8. The zero-order chi connectivity index (χ0) is 40.4. The van der Waals surface area contributed by atoms with Gasteiger partial charge in [0.15, 0.2) is 17.8 Å². The maximum absolute atomic E-state index is 12.9. The summed E-state index contributed by atoms with van der Waals surface area (Å²) in [7, 11) is 4.64. The van der Waals surface area contributed by atoms with Crippen LogP contribution >= 0.6 is 0 Å². The van der Waals surface area contributed by atoms with Gasteiger partial charge in [-0.3, -0.25) is 4.90 Å². The Balaban J connectivity index is 1.05. The molecule has 4 atom stereocenters. The number of rotatable bonds is 14. The van der Waals surface area contributed by atoms with Crippen LogP contribution in [0.15, 0.2) is 115 Å². The van der Waals surface area contributed by atoms with Gasteiger partial charge in [0.2, 0.25) is 0 Å². The van der Waals surface area contributed by atoms with Gasteiger partial charge in [0.1, 0.15) is 6.04 Å². The van der Waals surface area contributed by atoms with Gasteiger partial charge in [0.25, 0.3) is 0 Å². The Labute approximate surface area is 339 Å². The number of nitrogens with one attached hydrogen (secondary N) is 2. The molecule has 7 rings (SSSR count). The number of amides is 2. The average Bonchev–Trinajstić information content (AvgIpc) is 3.27. The summed E-state index contributed by atoms with van der Waals surface area (Å²) >= 11 is 0. The van der Waals surface area contributed by atoms with Gasteiger partial charge in [-0.2, -0.15) is 0 Å². The minimum atomic E-state index is -0.824. The fourth-order valence-electron chi connectivity index (χ4n) is 7.72. The van der Waals surface area contributed by atoms with E-state index in [1.807, 2.05) is 97.1 Å². The number of benzene rings is 5. The fraction of sp³-hybridized carbons (Fsp3) is 0.319. The van der Waals surface area contributed by atoms with Crippen molar-refractivity contribution >= 4 is 12.0 Å². The van der Waals surface area contributed by atoms with Crippen molar-refractivity contribution in [2.24, 2.45) is 0 Å². The normalized spacial score (nSPS) is 18.4. The number of methoxy groups -OCH3 is 3. The molecule has 11 nitrogen and oxygen atoms in total. The summed E-state index contributed by atoms with van der Waals surface area (Å²) in [4.78, 5) is 27.9. The minimum Gasteiger partial charge on any atom is -0.493 e. The predicted molar refractivity (Wildman–Crippen MR) is 220 cm³/mol. The molecule has 2 heterocycles. The number of urea groups is 1. The van der Waals surface area contributed by atoms with Gasteiger partial charge in [-0.25, -0.2) is 9.59 Å². The predicted octanol–water partition coefficient (Wildman–Crippen LogP) is 7.05. The largest absolute Gasteiger partial charge is 0.493 e. The number of hydrogen-bond acceptors (Lipinski definition) is 9. The molecule has 5 aromatic rings. The molecule has 0 spiro atoms. The number of esters is 1. The SMILES string of the molecule is COC(=O)[C@H](Cc1ccccc1)NC(=O)NCc1cccc(-c2cccc([C@H]3O[C@@H](CN4CCc5cc(OC)c(OC)cc5C4)C[C@@H](c4ccc(CO)cc4)O3)c2)c1. The van der Waals surface area contributed by atoms with Gasteiger partial charge in [-0.05, 0) is 75.2 Å². The highest BCUT2D eigenvalue weighted by Crippen LogP contribution is 2.40. The Morgan fingerprint density at radius 1 is 0.776 bits per heavy atom. The first-order chi connectivity index (χ1) is 28.3. The Bertz CT molecular complexity index is 2160. The van der Waals surface area contributed by atoms with E-state index >= 15 is 0 Å². The number of nitrogens with zero attached hydrogens (tertiary/aromatic N) is 1. The van der Waals surface area contributed by atoms with Crippen molar-refractivity contribution in [3.8, 4) is 22.6 Å². The van der Waals surface area contributed by atoms with Gasteiger partial charge in [-0.15, -0.1) is 0 Å². The average molecular weight is 786 g/mol. The second-order valence-corrected chi connectivity index (χ2v) is 14.7. The van der Waals surface area contributed by atoms with Crippen molar-refractivity contribution in [3.63, 3.8) is 0 Å². The Kier molecular flexibility index (Phi) is 13.4. The molecule has 2 amide bonds. The van der Waals surface area contributed by atoms with Crippen LogP contribution in [0, 0.1) is 0 Å². The first-order valence-corrected chi connectivity index (χ1v) is 19.6. The third-order valence-corrected chi connectivity index (χ3v) is 10.8. The van der Waals surface area contributed by atoms with Gasteiger partial charge >= 0.3 is 12.0 Å². The maximum atomic E-state index is 12.9. The van der Waals surface area contributed by atoms with Crippen molar-refractivity contribution < 1.29 is 38.4 Å². The van der Waals surface area contributed by atoms with Crippen LogP contribution in [0.5, 0.6) is 11.5 Å². The van der Waals surface area contributed by atoms with Gasteiger partial charge in [0, 0.05) is 44.6 Å². The van der Waals surface area contributed by atoms with E-state index < -0.39 is 24.3 Å². The third kappa shape index (κ3) is 10.0. The lowest BCUT2D eigenvalue weighted by molar-refractivity contribution is -0.253. The van der Waals surface area contributed by atoms with Crippen LogP contribution in [0.1, 0.15) is 57.8 Å². The van der Waals surface area contributed by atoms with E-state index in [2.05, 4.69) is 33.7 Å². The van der Waals surface area contributed by atoms with E-state index in [0.29, 0.717) is 12.8 Å². The van der Waals surface area contributed by atoms with Gasteiger partial charge in [-0.1, -0.05) is 91.0 Å². The summed E-state index contributed by atoms with van der Waals surface area (Å²) in [5.74, 6) is 0.967. The Morgan fingerprint density at radius 2 is 1.48 bits per heavy atom. The van der Waals surface area contributed by atoms with Crippen molar-refractivity contribution in [1.29, 1.82) is 0 Å². The summed E-state index contributed by atoms with van der Waals surface area (Å²) < 4.78 is 29.6. The molecule has 0 saturated carbocycles. The molecule has 0 aromatic heterocycles. The van der Waals surface area contributed by atoms with E-state index in [4.69, 9.17) is 23.7 Å². The van der Waals surface area contributed by atoms with Crippen molar-refractivity contribution in [1.82, 2.24) is 15.5 Å². The molecule has 2 aliphatic heterocycles. The molecule has 0 unspecified atom stereocenters. The highest BCUT2D eigenvalue weighted by atomic mass is 16.7. The molecule has 11 heteroatoms. The van der Waals surface area contributed by atoms with Crippen molar-refractivity contribution in [3.05, 3.63) is 154 Å². The number of fused-ring (bicyclic) bond motifs is 1. The minimum absolute atomic E-state index is 0.0187. The Hall–Kier alpha value is -5.72. The first-order valence-electron chi connectivity index (χ1n) is 19.6. The molecule has 2 aliphatic rings. The summed E-state index contributed by atoms with van der Waals surface area (Å²) in [5, 5.41) is 15.3. The molecule has 0 bridgehead atoms. The van der Waals surface area contributed by atoms with Crippen LogP contribution < -0.4 is 20.1 Å². The highest BCUT2D eigenvalue weighted by molar-refractivity contribution is 5.83. The van der Waals surface area contributed by atoms with E-state index in [1.165, 1.54) is 18.2 Å². The lowest BCUT2D eigenvalue weighted by Crippen LogP contribution is -2.47. The van der Waals surface area contributed by atoms with Crippen molar-refractivity contribution in [2.45, 2.75) is 63.5 Å². The quantitative estimate of drug-likeness (QED) is 0.102. The topological polar surface area (TPSA) is 128 Å². The molecule has 1 saturated heterocycles. The van der Waals surface area contributed by atoms with Crippen molar-refractivity contribution in [2.75, 3.05) is 34.4 Å². The zero-order valence-corrected chi connectivity index (χ0v) is 33.2. The number of aliphatic hydroxyl groups is 1. The summed E-state index contributed by atoms with van der Waals surface area (Å²) in [6.45, 7) is 2.64. The molecular formula is C47H51N3O8. The molecule has 0 radical (unpaired) electrons. The van der Waals surface area contributed by atoms with Gasteiger partial charge < -0.3 is 39.4 Å². The first kappa shape index (κ1) is 40.5. The van der Waals surface area contributed by atoms with Crippen LogP contribution in [0.3, 0.4) is 0 Å². The smallest absolute Gasteiger partial charge is 0.328 e. The van der Waals surface area contributed by atoms with Crippen LogP contribution in [-0.4, -0.2) is 68.6 Å². The molecule has 1 fully saturated rings. The zero-order valence-electron chi connectivity index (χ0n) is 33.2. The highest BCUT2D eigenvalue weighted by Gasteiger charge is 2.34. The second kappa shape index (κ2) is 19.1. The maximum Gasteiger partial charge on any atom is 0.328 e. The molecule has 0 aliphatic carbocycles. The summed E-state index contributed by atoms with van der Waals surface area (Å²) in [6.07, 6.45) is 0.955. The standard InChI is InChI=1S/C47H51N3O8/c1-54-43-24-37-19-20-50(28-39(37)25-44(43)55-2)29-40-26-42(34-17-15-32(30-51)16-18-34)58-46(57-40)38-14-8-13-36(23-38)35-12-7-11-33(21-35)27-48-47(53)49-41(45(52)56-3)22-31-9-5-4-6-10-31/h4-18,21,23-25,40-42,46,51H,19-20,22,26-30H2,1-3H3,(H2,48,49,53)/t40-,41+,42+,46+/m1/s1. The summed E-state index contributed by atoms with van der Waals surface area (Å²) in [5.41, 5.74) is 9.04. The van der Waals surface area contributed by atoms with Crippen LogP contribution in [0.2, 0.25) is 0 Å². The lowest BCUT2D eigenvalue weighted by atomic mass is 9.96. The molecular weight excluding hydrogens is 735 g/mol. The number of ether oxygens (including phenoxy) is 5. The van der Waals surface area contributed by atoms with Crippen LogP contribution in [0.25, 0.3) is 11.1 Å². The van der Waals surface area contributed by atoms with E-state index in [-0.39, 0.29) is 25.4 Å². The van der Waals surface area contributed by atoms with E-state index in [0.717, 1.165) is 76.5 Å². The number of aliphatic hydroxyl groups excluding tert-OH is 1. The van der Waals surface area contributed by atoms with E-state index in [1.54, 1.807) is 14.2 Å². The summed E-state index contributed by atoms with van der Waals surface area (Å²) in [6, 6.07) is 36.5. The molecule has 302 valence electrons. The monoisotopic (exact) mass is 785 g/mol. The Morgan fingerprint density at radius 3 is 2.21 bits per heavy atom. The number of carbonyl (C=O) groups is 2. The van der Waals surface area contributed by atoms with Crippen LogP contribution in [0.4, 0.5) is 4.79 Å².